The van der Waals surface area contributed by atoms with Gasteiger partial charge >= 0.3 is 5.97 Å². The van der Waals surface area contributed by atoms with Crippen LogP contribution >= 0.6 is 0 Å². The highest BCUT2D eigenvalue weighted by Crippen LogP contribution is 2.29. The Morgan fingerprint density at radius 3 is 2.44 bits per heavy atom. The van der Waals surface area contributed by atoms with Crippen LogP contribution in [0.3, 0.4) is 0 Å². The van der Waals surface area contributed by atoms with Crippen LogP contribution in [0.1, 0.15) is 42.9 Å². The molecule has 0 amide bonds. The SMILES string of the molecule is CC[C@H](C)c1ccc(OCCOc2ccc([N+](=O)[O-])cc2/C=C2\N=C(c3ccccc3)OC2=O)cc1. The fourth-order valence-electron chi connectivity index (χ4n) is 3.59. The topological polar surface area (TPSA) is 100 Å². The molecule has 3 aromatic carbocycles. The molecule has 1 aliphatic heterocycles. The number of hydrogen-bond donors (Lipinski definition) is 0. The van der Waals surface area contributed by atoms with E-state index >= 15 is 0 Å². The van der Waals surface area contributed by atoms with Crippen molar-refractivity contribution in [2.75, 3.05) is 13.2 Å². The second-order valence-electron chi connectivity index (χ2n) is 8.26. The highest BCUT2D eigenvalue weighted by Gasteiger charge is 2.25. The third kappa shape index (κ3) is 5.96. The van der Waals surface area contributed by atoms with Gasteiger partial charge in [0.2, 0.25) is 5.90 Å². The Labute approximate surface area is 209 Å². The summed E-state index contributed by atoms with van der Waals surface area (Å²) in [6.45, 7) is 4.80. The normalized spacial score (nSPS) is 14.8. The third-order valence-electron chi connectivity index (χ3n) is 5.81. The van der Waals surface area contributed by atoms with Gasteiger partial charge in [0.05, 0.1) is 4.92 Å². The fourth-order valence-corrected chi connectivity index (χ4v) is 3.59. The van der Waals surface area contributed by atoms with Gasteiger partial charge in [-0.25, -0.2) is 9.79 Å². The maximum Gasteiger partial charge on any atom is 0.363 e. The molecule has 184 valence electrons. The first-order valence-corrected chi connectivity index (χ1v) is 11.7. The molecule has 0 saturated heterocycles. The molecule has 4 rings (SSSR count). The lowest BCUT2D eigenvalue weighted by atomic mass is 9.99. The molecule has 0 N–H and O–H groups in total. The number of rotatable bonds is 10. The molecule has 8 nitrogen and oxygen atoms in total. The quantitative estimate of drug-likeness (QED) is 0.116. The van der Waals surface area contributed by atoms with E-state index < -0.39 is 10.9 Å². The molecule has 0 bridgehead atoms. The first-order valence-electron chi connectivity index (χ1n) is 11.7. The van der Waals surface area contributed by atoms with Crippen molar-refractivity contribution < 1.29 is 23.9 Å². The van der Waals surface area contributed by atoms with Crippen LogP contribution in [0.15, 0.2) is 83.5 Å². The molecule has 0 fully saturated rings. The maximum absolute atomic E-state index is 12.4. The summed E-state index contributed by atoms with van der Waals surface area (Å²) in [7, 11) is 0. The third-order valence-corrected chi connectivity index (χ3v) is 5.81. The Hall–Kier alpha value is -4.46. The van der Waals surface area contributed by atoms with Crippen LogP contribution in [0.4, 0.5) is 5.69 Å². The molecule has 8 heteroatoms. The standard InChI is InChI=1S/C28H26N2O6/c1-3-19(2)20-9-12-24(13-10-20)34-15-16-35-26-14-11-23(30(32)33)17-22(26)18-25-28(31)36-27(29-25)21-7-5-4-6-8-21/h4-14,17-19H,3,15-16H2,1-2H3/b25-18-/t19-/m0/s1. The molecule has 0 spiro atoms. The number of carbonyl (C=O) groups excluding carboxylic acids is 1. The van der Waals surface area contributed by atoms with Gasteiger partial charge in [-0.1, -0.05) is 44.2 Å². The minimum absolute atomic E-state index is 0.0249. The van der Waals surface area contributed by atoms with Crippen molar-refractivity contribution in [3.63, 3.8) is 0 Å². The lowest BCUT2D eigenvalue weighted by molar-refractivity contribution is -0.384. The van der Waals surface area contributed by atoms with E-state index in [1.165, 1.54) is 29.8 Å². The second kappa shape index (κ2) is 11.3. The molecule has 3 aromatic rings. The predicted octanol–water partition coefficient (Wildman–Crippen LogP) is 5.91. The minimum atomic E-state index is -0.643. The summed E-state index contributed by atoms with van der Waals surface area (Å²) in [5, 5.41) is 11.3. The second-order valence-corrected chi connectivity index (χ2v) is 8.26. The van der Waals surface area contributed by atoms with Gasteiger partial charge in [-0.2, -0.15) is 0 Å². The summed E-state index contributed by atoms with van der Waals surface area (Å²) in [6.07, 6.45) is 2.49. The Kier molecular flexibility index (Phi) is 7.75. The number of nitro groups is 1. The number of aliphatic imine (C=N–C) groups is 1. The molecular formula is C28H26N2O6. The Bertz CT molecular complexity index is 1300. The molecule has 0 unspecified atom stereocenters. The summed E-state index contributed by atoms with van der Waals surface area (Å²) in [4.78, 5) is 27.5. The van der Waals surface area contributed by atoms with Crippen LogP contribution in [0.2, 0.25) is 0 Å². The van der Waals surface area contributed by atoms with Crippen molar-refractivity contribution >= 4 is 23.6 Å². The highest BCUT2D eigenvalue weighted by atomic mass is 16.6. The van der Waals surface area contributed by atoms with Crippen molar-refractivity contribution in [3.8, 4) is 11.5 Å². The van der Waals surface area contributed by atoms with Crippen LogP contribution in [-0.4, -0.2) is 30.0 Å². The van der Waals surface area contributed by atoms with Crippen molar-refractivity contribution in [1.82, 2.24) is 0 Å². The monoisotopic (exact) mass is 486 g/mol. The first kappa shape index (κ1) is 24.7. The van der Waals surface area contributed by atoms with E-state index in [0.29, 0.717) is 22.8 Å². The van der Waals surface area contributed by atoms with E-state index in [2.05, 4.69) is 31.0 Å². The number of nitrogens with zero attached hydrogens (tertiary/aromatic N) is 2. The van der Waals surface area contributed by atoms with Gasteiger partial charge in [-0.3, -0.25) is 10.1 Å². The van der Waals surface area contributed by atoms with Crippen molar-refractivity contribution in [2.45, 2.75) is 26.2 Å². The number of nitro benzene ring substituents is 1. The minimum Gasteiger partial charge on any atom is -0.490 e. The van der Waals surface area contributed by atoms with E-state index in [1.54, 1.807) is 12.1 Å². The van der Waals surface area contributed by atoms with Gasteiger partial charge in [-0.15, -0.1) is 0 Å². The largest absolute Gasteiger partial charge is 0.490 e. The predicted molar refractivity (Wildman–Crippen MR) is 136 cm³/mol. The maximum atomic E-state index is 12.4. The number of ether oxygens (including phenoxy) is 3. The summed E-state index contributed by atoms with van der Waals surface area (Å²) in [5.74, 6) is 1.11. The molecule has 1 heterocycles. The summed E-state index contributed by atoms with van der Waals surface area (Å²) >= 11 is 0. The summed E-state index contributed by atoms with van der Waals surface area (Å²) in [5.41, 5.74) is 2.14. The van der Waals surface area contributed by atoms with Crippen molar-refractivity contribution in [2.24, 2.45) is 4.99 Å². The van der Waals surface area contributed by atoms with Crippen molar-refractivity contribution in [3.05, 3.63) is 105 Å². The van der Waals surface area contributed by atoms with Crippen molar-refractivity contribution in [1.29, 1.82) is 0 Å². The number of cyclic esters (lactones) is 1. The molecular weight excluding hydrogens is 460 g/mol. The van der Waals surface area contributed by atoms with E-state index in [0.717, 1.165) is 12.2 Å². The highest BCUT2D eigenvalue weighted by molar-refractivity contribution is 6.12. The molecule has 1 aliphatic rings. The Morgan fingerprint density at radius 2 is 1.75 bits per heavy atom. The van der Waals surface area contributed by atoms with Gasteiger partial charge in [0, 0.05) is 23.3 Å². The zero-order valence-corrected chi connectivity index (χ0v) is 20.0. The first-order chi connectivity index (χ1) is 17.4. The van der Waals surface area contributed by atoms with Crippen LogP contribution in [-0.2, 0) is 9.53 Å². The van der Waals surface area contributed by atoms with E-state index in [9.17, 15) is 14.9 Å². The average Bonchev–Trinajstić information content (AvgIpc) is 3.27. The van der Waals surface area contributed by atoms with Gasteiger partial charge in [0.15, 0.2) is 5.70 Å². The van der Waals surface area contributed by atoms with E-state index in [4.69, 9.17) is 14.2 Å². The van der Waals surface area contributed by atoms with Crippen LogP contribution in [0.5, 0.6) is 11.5 Å². The molecule has 1 atom stereocenters. The smallest absolute Gasteiger partial charge is 0.363 e. The zero-order chi connectivity index (χ0) is 25.5. The summed E-state index contributed by atoms with van der Waals surface area (Å²) < 4.78 is 16.9. The summed E-state index contributed by atoms with van der Waals surface area (Å²) in [6, 6.07) is 21.1. The van der Waals surface area contributed by atoms with Gasteiger partial charge in [0.1, 0.15) is 24.7 Å². The van der Waals surface area contributed by atoms with Crippen LogP contribution in [0, 0.1) is 10.1 Å². The Balaban J connectivity index is 1.47. The van der Waals surface area contributed by atoms with E-state index in [1.807, 2.05) is 30.3 Å². The van der Waals surface area contributed by atoms with Crippen LogP contribution in [0.25, 0.3) is 6.08 Å². The lowest BCUT2D eigenvalue weighted by Gasteiger charge is -2.12. The number of hydrogen-bond acceptors (Lipinski definition) is 7. The number of carbonyl (C=O) groups is 1. The fraction of sp³-hybridized carbons (Fsp3) is 0.214. The number of esters is 1. The molecule has 0 aromatic heterocycles. The van der Waals surface area contributed by atoms with E-state index in [-0.39, 0.29) is 30.5 Å². The molecule has 0 saturated carbocycles. The van der Waals surface area contributed by atoms with Gasteiger partial charge in [-0.05, 0) is 54.3 Å². The van der Waals surface area contributed by atoms with Gasteiger partial charge < -0.3 is 14.2 Å². The van der Waals surface area contributed by atoms with Gasteiger partial charge in [0.25, 0.3) is 5.69 Å². The zero-order valence-electron chi connectivity index (χ0n) is 20.0. The average molecular weight is 487 g/mol. The molecule has 0 aliphatic carbocycles. The number of non-ortho nitro benzene ring substituents is 1. The molecule has 0 radical (unpaired) electrons. The Morgan fingerprint density at radius 1 is 1.03 bits per heavy atom. The lowest BCUT2D eigenvalue weighted by Crippen LogP contribution is -2.10. The van der Waals surface area contributed by atoms with Crippen LogP contribution < -0.4 is 9.47 Å². The number of benzene rings is 3. The molecule has 36 heavy (non-hydrogen) atoms.